The number of rotatable bonds is 4. The van der Waals surface area contributed by atoms with Crippen molar-refractivity contribution in [2.24, 2.45) is 5.10 Å². The van der Waals surface area contributed by atoms with E-state index in [1.54, 1.807) is 47.2 Å². The van der Waals surface area contributed by atoms with E-state index in [0.717, 1.165) is 11.1 Å². The zero-order valence-corrected chi connectivity index (χ0v) is 20.0. The Bertz CT molecular complexity index is 1260. The van der Waals surface area contributed by atoms with E-state index in [9.17, 15) is 9.18 Å². The minimum absolute atomic E-state index is 0.239. The Kier molecular flexibility index (Phi) is 6.28. The Morgan fingerprint density at radius 3 is 2.47 bits per heavy atom. The molecular formula is C25H27FN4O4. The molecule has 0 saturated heterocycles. The van der Waals surface area contributed by atoms with Crippen LogP contribution in [0.4, 0.5) is 9.18 Å². The molecule has 1 aliphatic heterocycles. The van der Waals surface area contributed by atoms with Crippen LogP contribution in [0.1, 0.15) is 35.1 Å². The van der Waals surface area contributed by atoms with E-state index in [4.69, 9.17) is 19.1 Å². The summed E-state index contributed by atoms with van der Waals surface area (Å²) in [5, 5.41) is 12.8. The van der Waals surface area contributed by atoms with Crippen molar-refractivity contribution in [1.82, 2.24) is 15.5 Å². The lowest BCUT2D eigenvalue weighted by Gasteiger charge is -2.22. The highest BCUT2D eigenvalue weighted by Crippen LogP contribution is 2.36. The number of methoxy groups -OCH3 is 2. The highest BCUT2D eigenvalue weighted by atomic mass is 19.1. The molecule has 1 aromatic heterocycles. The van der Waals surface area contributed by atoms with E-state index in [1.807, 2.05) is 19.1 Å². The third kappa shape index (κ3) is 3.98. The number of benzene rings is 2. The zero-order chi connectivity index (χ0) is 24.6. The van der Waals surface area contributed by atoms with E-state index in [2.05, 4.69) is 10.5 Å². The van der Waals surface area contributed by atoms with E-state index < -0.39 is 5.82 Å². The van der Waals surface area contributed by atoms with Crippen molar-refractivity contribution >= 4 is 11.7 Å². The van der Waals surface area contributed by atoms with E-state index in [1.165, 1.54) is 11.1 Å². The number of hydrogen-bond acceptors (Lipinski definition) is 6. The molecule has 34 heavy (non-hydrogen) atoms. The summed E-state index contributed by atoms with van der Waals surface area (Å²) in [5.74, 6) is 1.22. The lowest BCUT2D eigenvalue weighted by atomic mass is 9.92. The first kappa shape index (κ1) is 23.3. The SMILES string of the molecule is CNC(=O)N1N=C(c2ccc(F)c(-c3c(C)noc3C)c2)c2cc(OC)c(OC)cc2CC1C. The standard InChI is InChI=1S/C25H27FN4O4/c1-13-9-17-11-21(32-5)22(33-6)12-18(17)24(28-30(13)25(31)27-4)16-7-8-20(26)19(10-16)23-14(2)29-34-15(23)3/h7-8,10-13H,9H2,1-6H3,(H,27,31). The smallest absolute Gasteiger partial charge is 0.337 e. The van der Waals surface area contributed by atoms with Gasteiger partial charge >= 0.3 is 6.03 Å². The molecule has 0 fully saturated rings. The van der Waals surface area contributed by atoms with Gasteiger partial charge in [-0.05, 0) is 63.1 Å². The first-order chi connectivity index (χ1) is 16.3. The van der Waals surface area contributed by atoms with Crippen LogP contribution < -0.4 is 14.8 Å². The molecule has 178 valence electrons. The molecule has 0 spiro atoms. The van der Waals surface area contributed by atoms with Crippen molar-refractivity contribution < 1.29 is 23.2 Å². The highest BCUT2D eigenvalue weighted by Gasteiger charge is 2.29. The summed E-state index contributed by atoms with van der Waals surface area (Å²) < 4.78 is 31.2. The second-order valence-electron chi connectivity index (χ2n) is 8.16. The number of nitrogens with zero attached hydrogens (tertiary/aromatic N) is 3. The number of carbonyl (C=O) groups is 1. The fraction of sp³-hybridized carbons (Fsp3) is 0.320. The summed E-state index contributed by atoms with van der Waals surface area (Å²) in [4.78, 5) is 12.7. The average molecular weight is 467 g/mol. The monoisotopic (exact) mass is 466 g/mol. The quantitative estimate of drug-likeness (QED) is 0.614. The number of hydrogen-bond donors (Lipinski definition) is 1. The molecule has 0 radical (unpaired) electrons. The number of nitrogens with one attached hydrogen (secondary N) is 1. The predicted molar refractivity (Wildman–Crippen MR) is 126 cm³/mol. The molecule has 1 atom stereocenters. The summed E-state index contributed by atoms with van der Waals surface area (Å²) in [6.07, 6.45) is 0.536. The maximum absolute atomic E-state index is 15.0. The van der Waals surface area contributed by atoms with Crippen LogP contribution in [-0.2, 0) is 6.42 Å². The minimum atomic E-state index is -0.406. The maximum atomic E-state index is 15.0. The predicted octanol–water partition coefficient (Wildman–Crippen LogP) is 4.45. The number of urea groups is 1. The van der Waals surface area contributed by atoms with Crippen LogP contribution in [0.15, 0.2) is 40.0 Å². The number of fused-ring (bicyclic) bond motifs is 1. The molecule has 0 saturated carbocycles. The number of aromatic nitrogens is 1. The third-order valence-electron chi connectivity index (χ3n) is 5.97. The summed E-state index contributed by atoms with van der Waals surface area (Å²) in [6.45, 7) is 5.43. The van der Waals surface area contributed by atoms with Gasteiger partial charge in [-0.15, -0.1) is 0 Å². The van der Waals surface area contributed by atoms with Crippen LogP contribution in [0.5, 0.6) is 11.5 Å². The number of carbonyl (C=O) groups excluding carboxylic acids is 1. The molecule has 2 aromatic carbocycles. The third-order valence-corrected chi connectivity index (χ3v) is 5.97. The highest BCUT2D eigenvalue weighted by molar-refractivity contribution is 6.15. The number of amides is 2. The van der Waals surface area contributed by atoms with Gasteiger partial charge in [0.25, 0.3) is 0 Å². The van der Waals surface area contributed by atoms with Gasteiger partial charge in [0.2, 0.25) is 0 Å². The van der Waals surface area contributed by atoms with E-state index in [0.29, 0.717) is 51.8 Å². The molecule has 4 rings (SSSR count). The lowest BCUT2D eigenvalue weighted by molar-refractivity contribution is 0.184. The van der Waals surface area contributed by atoms with Crippen molar-refractivity contribution in [1.29, 1.82) is 0 Å². The lowest BCUT2D eigenvalue weighted by Crippen LogP contribution is -2.41. The van der Waals surface area contributed by atoms with E-state index in [-0.39, 0.29) is 12.1 Å². The van der Waals surface area contributed by atoms with Crippen LogP contribution in [0.3, 0.4) is 0 Å². The van der Waals surface area contributed by atoms with Crippen LogP contribution >= 0.6 is 0 Å². The van der Waals surface area contributed by atoms with E-state index >= 15 is 0 Å². The van der Waals surface area contributed by atoms with Gasteiger partial charge in [-0.2, -0.15) is 5.10 Å². The molecule has 0 aliphatic carbocycles. The van der Waals surface area contributed by atoms with Gasteiger partial charge in [-0.1, -0.05) is 5.16 Å². The second-order valence-corrected chi connectivity index (χ2v) is 8.16. The van der Waals surface area contributed by atoms with Gasteiger partial charge < -0.3 is 19.3 Å². The number of hydrazone groups is 1. The van der Waals surface area contributed by atoms with Gasteiger partial charge in [-0.25, -0.2) is 14.2 Å². The Morgan fingerprint density at radius 1 is 1.15 bits per heavy atom. The Labute approximate surface area is 197 Å². The molecule has 2 amide bonds. The van der Waals surface area contributed by atoms with Crippen molar-refractivity contribution in [3.63, 3.8) is 0 Å². The molecule has 0 bridgehead atoms. The fourth-order valence-electron chi connectivity index (χ4n) is 4.28. The van der Waals surface area contributed by atoms with Gasteiger partial charge in [0, 0.05) is 23.7 Å². The summed E-state index contributed by atoms with van der Waals surface area (Å²) in [5.41, 5.74) is 4.37. The van der Waals surface area contributed by atoms with Crippen molar-refractivity contribution in [2.45, 2.75) is 33.2 Å². The molecule has 9 heteroatoms. The maximum Gasteiger partial charge on any atom is 0.337 e. The molecule has 8 nitrogen and oxygen atoms in total. The molecular weight excluding hydrogens is 439 g/mol. The topological polar surface area (TPSA) is 89.2 Å². The van der Waals surface area contributed by atoms with Crippen molar-refractivity contribution in [3.8, 4) is 22.6 Å². The van der Waals surface area contributed by atoms with Gasteiger partial charge in [0.1, 0.15) is 11.6 Å². The molecule has 1 unspecified atom stereocenters. The normalized spacial score (nSPS) is 15.3. The Morgan fingerprint density at radius 2 is 1.85 bits per heavy atom. The van der Waals surface area contributed by atoms with Crippen LogP contribution in [0.25, 0.3) is 11.1 Å². The van der Waals surface area contributed by atoms with Gasteiger partial charge in [-0.3, -0.25) is 0 Å². The van der Waals surface area contributed by atoms with Crippen LogP contribution in [-0.4, -0.2) is 49.2 Å². The summed E-state index contributed by atoms with van der Waals surface area (Å²) in [6, 6.07) is 7.89. The summed E-state index contributed by atoms with van der Waals surface area (Å²) in [7, 11) is 4.69. The Balaban J connectivity index is 1.98. The van der Waals surface area contributed by atoms with Crippen molar-refractivity contribution in [2.75, 3.05) is 21.3 Å². The first-order valence-corrected chi connectivity index (χ1v) is 10.9. The van der Waals surface area contributed by atoms with Gasteiger partial charge in [0.15, 0.2) is 11.5 Å². The summed E-state index contributed by atoms with van der Waals surface area (Å²) >= 11 is 0. The second kappa shape index (κ2) is 9.17. The minimum Gasteiger partial charge on any atom is -0.493 e. The fourth-order valence-corrected chi connectivity index (χ4v) is 4.28. The number of halogens is 1. The first-order valence-electron chi connectivity index (χ1n) is 10.9. The molecule has 3 aromatic rings. The van der Waals surface area contributed by atoms with Crippen LogP contribution in [0.2, 0.25) is 0 Å². The zero-order valence-electron chi connectivity index (χ0n) is 20.0. The Hall–Kier alpha value is -3.88. The largest absolute Gasteiger partial charge is 0.493 e. The molecule has 1 N–H and O–H groups in total. The number of aryl methyl sites for hydroxylation is 2. The number of ether oxygens (including phenoxy) is 2. The van der Waals surface area contributed by atoms with Crippen LogP contribution in [0, 0.1) is 19.7 Å². The molecule has 2 heterocycles. The van der Waals surface area contributed by atoms with Gasteiger partial charge in [0.05, 0.1) is 37.2 Å². The average Bonchev–Trinajstić information content (AvgIpc) is 3.09. The molecule has 1 aliphatic rings. The van der Waals surface area contributed by atoms with Crippen molar-refractivity contribution in [3.05, 3.63) is 64.3 Å².